The molecule has 0 aliphatic rings. The molecular formula is C20H35N3O9. The number of aliphatic hydroxyl groups is 3. The third-order valence-corrected chi connectivity index (χ3v) is 3.98. The van der Waals surface area contributed by atoms with E-state index in [2.05, 4.69) is 10.6 Å². The van der Waals surface area contributed by atoms with Crippen molar-refractivity contribution in [3.05, 3.63) is 35.9 Å². The Kier molecular flexibility index (Phi) is 16.8. The Balaban J connectivity index is 0. The zero-order valence-corrected chi connectivity index (χ0v) is 18.5. The first-order valence-corrected chi connectivity index (χ1v) is 9.68. The highest BCUT2D eigenvalue weighted by Gasteiger charge is 2.22. The van der Waals surface area contributed by atoms with Crippen molar-refractivity contribution in [2.24, 2.45) is 5.73 Å². The van der Waals surface area contributed by atoms with Crippen LogP contribution >= 0.6 is 0 Å². The highest BCUT2D eigenvalue weighted by Crippen LogP contribution is 2.00. The smallest absolute Gasteiger partial charge is 0.323 e. The van der Waals surface area contributed by atoms with Crippen LogP contribution < -0.4 is 16.4 Å². The van der Waals surface area contributed by atoms with Crippen LogP contribution in [0.15, 0.2) is 30.3 Å². The maximum Gasteiger partial charge on any atom is 0.323 e. The Morgan fingerprint density at radius 2 is 1.25 bits per heavy atom. The SMILES string of the molecule is CC(O)C(N)C(=O)O.CC(O)C(NCc1ccccc1)C(=O)O.CNC(C(=O)O)C(C)O. The van der Waals surface area contributed by atoms with E-state index in [0.29, 0.717) is 6.54 Å². The van der Waals surface area contributed by atoms with E-state index >= 15 is 0 Å². The number of carboxylic acids is 3. The zero-order chi connectivity index (χ0) is 25.4. The van der Waals surface area contributed by atoms with Crippen molar-refractivity contribution in [3.63, 3.8) is 0 Å². The number of aliphatic carboxylic acids is 3. The van der Waals surface area contributed by atoms with Crippen LogP contribution in [0.5, 0.6) is 0 Å². The van der Waals surface area contributed by atoms with Gasteiger partial charge in [0.1, 0.15) is 18.1 Å². The molecule has 1 aromatic rings. The molecule has 0 spiro atoms. The quantitative estimate of drug-likeness (QED) is 0.193. The second-order valence-electron chi connectivity index (χ2n) is 6.87. The van der Waals surface area contributed by atoms with Gasteiger partial charge < -0.3 is 41.7 Å². The molecule has 184 valence electrons. The number of aliphatic hydroxyl groups excluding tert-OH is 3. The van der Waals surface area contributed by atoms with E-state index in [9.17, 15) is 19.5 Å². The lowest BCUT2D eigenvalue weighted by Crippen LogP contribution is -2.44. The van der Waals surface area contributed by atoms with E-state index in [1.54, 1.807) is 0 Å². The maximum absolute atomic E-state index is 10.7. The summed E-state index contributed by atoms with van der Waals surface area (Å²) in [5, 5.41) is 56.9. The number of carbonyl (C=O) groups is 3. The largest absolute Gasteiger partial charge is 0.480 e. The van der Waals surface area contributed by atoms with Crippen molar-refractivity contribution < 1.29 is 45.0 Å². The van der Waals surface area contributed by atoms with E-state index in [-0.39, 0.29) is 0 Å². The minimum atomic E-state index is -1.18. The number of rotatable bonds is 10. The normalized spacial score (nSPS) is 15.9. The predicted molar refractivity (Wildman–Crippen MR) is 116 cm³/mol. The molecule has 0 aliphatic carbocycles. The van der Waals surface area contributed by atoms with Crippen molar-refractivity contribution in [2.75, 3.05) is 7.05 Å². The van der Waals surface area contributed by atoms with Crippen LogP contribution in [-0.2, 0) is 20.9 Å². The lowest BCUT2D eigenvalue weighted by molar-refractivity contribution is -0.143. The first-order chi connectivity index (χ1) is 14.8. The summed E-state index contributed by atoms with van der Waals surface area (Å²) in [6.07, 6.45) is -2.74. The van der Waals surface area contributed by atoms with Crippen LogP contribution in [0, 0.1) is 0 Å². The van der Waals surface area contributed by atoms with Crippen LogP contribution in [0.1, 0.15) is 26.3 Å². The number of nitrogens with one attached hydrogen (secondary N) is 2. The van der Waals surface area contributed by atoms with Gasteiger partial charge in [-0.15, -0.1) is 0 Å². The monoisotopic (exact) mass is 461 g/mol. The van der Waals surface area contributed by atoms with Gasteiger partial charge in [-0.05, 0) is 33.4 Å². The average Bonchev–Trinajstić information content (AvgIpc) is 2.68. The van der Waals surface area contributed by atoms with Gasteiger partial charge in [0.05, 0.1) is 18.3 Å². The highest BCUT2D eigenvalue weighted by molar-refractivity contribution is 5.74. The van der Waals surface area contributed by atoms with Crippen molar-refractivity contribution in [1.29, 1.82) is 0 Å². The van der Waals surface area contributed by atoms with E-state index in [4.69, 9.17) is 31.3 Å². The lowest BCUT2D eigenvalue weighted by Gasteiger charge is -2.16. The number of carboxylic acid groups (broad SMARTS) is 3. The summed E-state index contributed by atoms with van der Waals surface area (Å²) in [5.41, 5.74) is 5.90. The lowest BCUT2D eigenvalue weighted by atomic mass is 10.1. The molecule has 1 aromatic carbocycles. The van der Waals surface area contributed by atoms with Gasteiger partial charge in [-0.1, -0.05) is 30.3 Å². The number of hydrogen-bond acceptors (Lipinski definition) is 9. The second-order valence-corrected chi connectivity index (χ2v) is 6.87. The van der Waals surface area contributed by atoms with Gasteiger partial charge in [0.2, 0.25) is 0 Å². The molecule has 0 saturated carbocycles. The van der Waals surface area contributed by atoms with Crippen molar-refractivity contribution in [3.8, 4) is 0 Å². The summed E-state index contributed by atoms with van der Waals surface area (Å²) >= 11 is 0. The molecule has 0 radical (unpaired) electrons. The Bertz CT molecular complexity index is 670. The predicted octanol–water partition coefficient (Wildman–Crippen LogP) is -1.57. The van der Waals surface area contributed by atoms with Gasteiger partial charge in [0.15, 0.2) is 0 Å². The molecule has 32 heavy (non-hydrogen) atoms. The highest BCUT2D eigenvalue weighted by atomic mass is 16.4. The van der Waals surface area contributed by atoms with Crippen molar-refractivity contribution in [2.45, 2.75) is 63.8 Å². The molecule has 6 unspecified atom stereocenters. The molecule has 10 N–H and O–H groups in total. The molecule has 0 aliphatic heterocycles. The number of benzene rings is 1. The number of nitrogens with two attached hydrogens (primary N) is 1. The Labute approximate surface area is 186 Å². The molecule has 0 heterocycles. The van der Waals surface area contributed by atoms with E-state index in [1.807, 2.05) is 30.3 Å². The first-order valence-electron chi connectivity index (χ1n) is 9.68. The summed E-state index contributed by atoms with van der Waals surface area (Å²) in [6, 6.07) is 6.52. The standard InChI is InChI=1S/C11H15NO3.C5H11NO3.C4H9NO3/c1-8(13)10(11(14)15)12-7-9-5-3-2-4-6-9;1-3(7)4(6-2)5(8)9;1-2(6)3(5)4(7)8/h2-6,8,10,12-13H,7H2,1H3,(H,14,15);3-4,6-7H,1-2H3,(H,8,9);2-3,6H,5H2,1H3,(H,7,8). The molecule has 0 saturated heterocycles. The Morgan fingerprint density at radius 3 is 1.47 bits per heavy atom. The van der Waals surface area contributed by atoms with E-state index < -0.39 is 54.3 Å². The first kappa shape index (κ1) is 31.6. The van der Waals surface area contributed by atoms with Gasteiger partial charge in [0.25, 0.3) is 0 Å². The van der Waals surface area contributed by atoms with Crippen LogP contribution in [0.25, 0.3) is 0 Å². The fraction of sp³-hybridized carbons (Fsp3) is 0.550. The third kappa shape index (κ3) is 14.4. The minimum Gasteiger partial charge on any atom is -0.480 e. The summed E-state index contributed by atoms with van der Waals surface area (Å²) < 4.78 is 0. The average molecular weight is 462 g/mol. The fourth-order valence-corrected chi connectivity index (χ4v) is 2.07. The summed E-state index contributed by atoms with van der Waals surface area (Å²) in [5.74, 6) is -3.26. The molecule has 12 nitrogen and oxygen atoms in total. The van der Waals surface area contributed by atoms with Gasteiger partial charge >= 0.3 is 17.9 Å². The second kappa shape index (κ2) is 17.0. The molecular weight excluding hydrogens is 426 g/mol. The van der Waals surface area contributed by atoms with E-state index in [1.165, 1.54) is 27.8 Å². The molecule has 0 amide bonds. The number of hydrogen-bond donors (Lipinski definition) is 9. The molecule has 12 heteroatoms. The summed E-state index contributed by atoms with van der Waals surface area (Å²) in [4.78, 5) is 30.7. The molecule has 0 aromatic heterocycles. The summed E-state index contributed by atoms with van der Waals surface area (Å²) in [7, 11) is 1.49. The molecule has 0 bridgehead atoms. The fourth-order valence-electron chi connectivity index (χ4n) is 2.07. The van der Waals surface area contributed by atoms with Crippen LogP contribution in [0.2, 0.25) is 0 Å². The topological polar surface area (TPSA) is 223 Å². The minimum absolute atomic E-state index is 0.433. The summed E-state index contributed by atoms with van der Waals surface area (Å²) in [6.45, 7) is 4.65. The van der Waals surface area contributed by atoms with Gasteiger partial charge in [-0.3, -0.25) is 19.7 Å². The molecule has 0 fully saturated rings. The van der Waals surface area contributed by atoms with Gasteiger partial charge in [0, 0.05) is 6.54 Å². The van der Waals surface area contributed by atoms with Crippen LogP contribution in [0.4, 0.5) is 0 Å². The third-order valence-electron chi connectivity index (χ3n) is 3.98. The van der Waals surface area contributed by atoms with Crippen molar-refractivity contribution >= 4 is 17.9 Å². The maximum atomic E-state index is 10.7. The zero-order valence-electron chi connectivity index (χ0n) is 18.5. The van der Waals surface area contributed by atoms with Crippen LogP contribution in [0.3, 0.4) is 0 Å². The Morgan fingerprint density at radius 1 is 0.812 bits per heavy atom. The Hall–Kier alpha value is -2.61. The molecule has 1 rings (SSSR count). The number of likely N-dealkylation sites (N-methyl/N-ethyl adjacent to an activating group) is 1. The van der Waals surface area contributed by atoms with Gasteiger partial charge in [-0.25, -0.2) is 0 Å². The van der Waals surface area contributed by atoms with Crippen LogP contribution in [-0.4, -0.2) is 92.0 Å². The van der Waals surface area contributed by atoms with Gasteiger partial charge in [-0.2, -0.15) is 0 Å². The van der Waals surface area contributed by atoms with Crippen molar-refractivity contribution in [1.82, 2.24) is 10.6 Å². The van der Waals surface area contributed by atoms with E-state index in [0.717, 1.165) is 5.56 Å². The molecule has 6 atom stereocenters.